The molecule has 1 fully saturated rings. The van der Waals surface area contributed by atoms with Crippen LogP contribution < -0.4 is 5.32 Å². The molecule has 1 aliphatic rings. The minimum atomic E-state index is 0.829. The van der Waals surface area contributed by atoms with Crippen LogP contribution in [0.4, 0.5) is 0 Å². The maximum atomic E-state index is 3.56. The first kappa shape index (κ1) is 14.0. The second-order valence-electron chi connectivity index (χ2n) is 5.62. The summed E-state index contributed by atoms with van der Waals surface area (Å²) in [4.78, 5) is 2.64. The van der Waals surface area contributed by atoms with Crippen LogP contribution in [0.25, 0.3) is 0 Å². The lowest BCUT2D eigenvalue weighted by Gasteiger charge is -2.30. The number of nitrogens with one attached hydrogen (secondary N) is 1. The molecule has 1 heterocycles. The molecule has 1 rings (SSSR count). The van der Waals surface area contributed by atoms with Gasteiger partial charge in [0.25, 0.3) is 0 Å². The van der Waals surface area contributed by atoms with Crippen molar-refractivity contribution in [2.45, 2.75) is 46.5 Å². The molecule has 0 aromatic carbocycles. The second-order valence-corrected chi connectivity index (χ2v) is 5.62. The molecule has 0 spiro atoms. The third-order valence-corrected chi connectivity index (χ3v) is 3.76. The average Bonchev–Trinajstić information content (AvgIpc) is 2.28. The maximum absolute atomic E-state index is 3.56. The van der Waals surface area contributed by atoms with Gasteiger partial charge in [0.05, 0.1) is 0 Å². The lowest BCUT2D eigenvalue weighted by Crippen LogP contribution is -2.36. The zero-order valence-corrected chi connectivity index (χ0v) is 11.5. The molecular weight excluding hydrogens is 196 g/mol. The fourth-order valence-corrected chi connectivity index (χ4v) is 2.41. The van der Waals surface area contributed by atoms with Crippen LogP contribution in [-0.2, 0) is 0 Å². The van der Waals surface area contributed by atoms with E-state index >= 15 is 0 Å². The summed E-state index contributed by atoms with van der Waals surface area (Å²) >= 11 is 0. The number of hydrogen-bond acceptors (Lipinski definition) is 2. The summed E-state index contributed by atoms with van der Waals surface area (Å²) in [6.45, 7) is 13.3. The Morgan fingerprint density at radius 3 is 2.94 bits per heavy atom. The van der Waals surface area contributed by atoms with Gasteiger partial charge in [0.1, 0.15) is 0 Å². The smallest absolute Gasteiger partial charge is 0.000703 e. The first-order valence-electron chi connectivity index (χ1n) is 7.15. The molecule has 2 unspecified atom stereocenters. The zero-order valence-electron chi connectivity index (χ0n) is 11.5. The van der Waals surface area contributed by atoms with Gasteiger partial charge >= 0.3 is 0 Å². The summed E-state index contributed by atoms with van der Waals surface area (Å²) < 4.78 is 0. The van der Waals surface area contributed by atoms with Crippen molar-refractivity contribution in [3.05, 3.63) is 0 Å². The first-order chi connectivity index (χ1) is 7.72. The van der Waals surface area contributed by atoms with E-state index in [4.69, 9.17) is 0 Å². The molecule has 16 heavy (non-hydrogen) atoms. The molecule has 1 aliphatic heterocycles. The Bertz CT molecular complexity index is 170. The highest BCUT2D eigenvalue weighted by molar-refractivity contribution is 4.70. The molecule has 0 radical (unpaired) electrons. The van der Waals surface area contributed by atoms with E-state index in [1.807, 2.05) is 0 Å². The molecular formula is C14H30N2. The van der Waals surface area contributed by atoms with Crippen LogP contribution in [0.1, 0.15) is 46.5 Å². The number of likely N-dealkylation sites (tertiary alicyclic amines) is 1. The third-order valence-electron chi connectivity index (χ3n) is 3.76. The highest BCUT2D eigenvalue weighted by atomic mass is 15.1. The molecule has 1 saturated heterocycles. The van der Waals surface area contributed by atoms with Gasteiger partial charge in [0.15, 0.2) is 0 Å². The Kier molecular flexibility index (Phi) is 7.06. The van der Waals surface area contributed by atoms with Crippen molar-refractivity contribution in [3.63, 3.8) is 0 Å². The highest BCUT2D eigenvalue weighted by Crippen LogP contribution is 2.15. The largest absolute Gasteiger partial charge is 0.316 e. The van der Waals surface area contributed by atoms with Crippen LogP contribution in [0, 0.1) is 11.8 Å². The topological polar surface area (TPSA) is 15.3 Å². The summed E-state index contributed by atoms with van der Waals surface area (Å²) in [7, 11) is 0. The lowest BCUT2D eigenvalue weighted by molar-refractivity contribution is 0.181. The van der Waals surface area contributed by atoms with E-state index in [1.165, 1.54) is 58.4 Å². The first-order valence-corrected chi connectivity index (χ1v) is 7.15. The van der Waals surface area contributed by atoms with Crippen molar-refractivity contribution < 1.29 is 0 Å². The third kappa shape index (κ3) is 5.86. The van der Waals surface area contributed by atoms with Gasteiger partial charge in [-0.2, -0.15) is 0 Å². The van der Waals surface area contributed by atoms with Crippen molar-refractivity contribution in [2.24, 2.45) is 11.8 Å². The van der Waals surface area contributed by atoms with Crippen molar-refractivity contribution in [1.29, 1.82) is 0 Å². The van der Waals surface area contributed by atoms with Gasteiger partial charge in [0.2, 0.25) is 0 Å². The van der Waals surface area contributed by atoms with Crippen molar-refractivity contribution in [3.8, 4) is 0 Å². The van der Waals surface area contributed by atoms with Crippen LogP contribution in [-0.4, -0.2) is 37.6 Å². The van der Waals surface area contributed by atoms with E-state index in [0.717, 1.165) is 11.8 Å². The fraction of sp³-hybridized carbons (Fsp3) is 1.00. The molecule has 0 aromatic rings. The minimum absolute atomic E-state index is 0.829. The Balaban J connectivity index is 1.94. The van der Waals surface area contributed by atoms with E-state index in [1.54, 1.807) is 0 Å². The monoisotopic (exact) mass is 226 g/mol. The van der Waals surface area contributed by atoms with Crippen LogP contribution in [0.2, 0.25) is 0 Å². The normalized spacial score (nSPS) is 24.6. The molecule has 0 saturated carbocycles. The summed E-state index contributed by atoms with van der Waals surface area (Å²) in [5.74, 6) is 1.75. The number of piperidine rings is 1. The minimum Gasteiger partial charge on any atom is -0.316 e. The number of hydrogen-bond donors (Lipinski definition) is 1. The van der Waals surface area contributed by atoms with Crippen LogP contribution in [0.15, 0.2) is 0 Å². The molecule has 1 N–H and O–H groups in total. The summed E-state index contributed by atoms with van der Waals surface area (Å²) in [5.41, 5.74) is 0. The lowest BCUT2D eigenvalue weighted by atomic mass is 10.0. The Labute approximate surface area is 102 Å². The molecule has 0 aromatic heterocycles. The van der Waals surface area contributed by atoms with Gasteiger partial charge in [0, 0.05) is 6.54 Å². The predicted molar refractivity (Wildman–Crippen MR) is 71.8 cm³/mol. The van der Waals surface area contributed by atoms with Crippen LogP contribution in [0.3, 0.4) is 0 Å². The second kappa shape index (κ2) is 8.08. The molecule has 2 heteroatoms. The highest BCUT2D eigenvalue weighted by Gasteiger charge is 2.15. The Hall–Kier alpha value is -0.0800. The Morgan fingerprint density at radius 1 is 1.44 bits per heavy atom. The summed E-state index contributed by atoms with van der Waals surface area (Å²) in [6, 6.07) is 0. The van der Waals surface area contributed by atoms with Crippen LogP contribution >= 0.6 is 0 Å². The number of nitrogens with zero attached hydrogens (tertiary/aromatic N) is 1. The van der Waals surface area contributed by atoms with Gasteiger partial charge < -0.3 is 10.2 Å². The van der Waals surface area contributed by atoms with Crippen molar-refractivity contribution >= 4 is 0 Å². The van der Waals surface area contributed by atoms with Crippen molar-refractivity contribution in [2.75, 3.05) is 32.7 Å². The van der Waals surface area contributed by atoms with Gasteiger partial charge in [-0.05, 0) is 57.3 Å². The quantitative estimate of drug-likeness (QED) is 0.672. The van der Waals surface area contributed by atoms with E-state index in [-0.39, 0.29) is 0 Å². The zero-order chi connectivity index (χ0) is 11.8. The van der Waals surface area contributed by atoms with E-state index in [2.05, 4.69) is 31.0 Å². The van der Waals surface area contributed by atoms with Crippen molar-refractivity contribution in [1.82, 2.24) is 10.2 Å². The van der Waals surface area contributed by atoms with E-state index in [9.17, 15) is 0 Å². The standard InChI is InChI=1S/C14H30N2/c1-4-13(2)11-15-8-6-10-16-9-5-7-14(3)12-16/h13-15H,4-12H2,1-3H3. The summed E-state index contributed by atoms with van der Waals surface area (Å²) in [6.07, 6.45) is 5.43. The van der Waals surface area contributed by atoms with Gasteiger partial charge in [-0.3, -0.25) is 0 Å². The molecule has 2 nitrogen and oxygen atoms in total. The predicted octanol–water partition coefficient (Wildman–Crippen LogP) is 2.74. The molecule has 0 bridgehead atoms. The Morgan fingerprint density at radius 2 is 2.25 bits per heavy atom. The molecule has 2 atom stereocenters. The summed E-state index contributed by atoms with van der Waals surface area (Å²) in [5, 5.41) is 3.56. The molecule has 96 valence electrons. The van der Waals surface area contributed by atoms with Crippen LogP contribution in [0.5, 0.6) is 0 Å². The van der Waals surface area contributed by atoms with E-state index in [0.29, 0.717) is 0 Å². The SMILES string of the molecule is CCC(C)CNCCCN1CCCC(C)C1. The van der Waals surface area contributed by atoms with E-state index < -0.39 is 0 Å². The van der Waals surface area contributed by atoms with Gasteiger partial charge in [-0.1, -0.05) is 27.2 Å². The average molecular weight is 226 g/mol. The molecule has 0 amide bonds. The maximum Gasteiger partial charge on any atom is 0.000703 e. The van der Waals surface area contributed by atoms with Gasteiger partial charge in [-0.15, -0.1) is 0 Å². The number of rotatable bonds is 7. The van der Waals surface area contributed by atoms with Gasteiger partial charge in [-0.25, -0.2) is 0 Å². The fourth-order valence-electron chi connectivity index (χ4n) is 2.41. The molecule has 0 aliphatic carbocycles.